The van der Waals surface area contributed by atoms with E-state index in [1.165, 1.54) is 16.7 Å². The van der Waals surface area contributed by atoms with E-state index >= 15 is 0 Å². The molecule has 0 amide bonds. The number of benzene rings is 2. The highest BCUT2D eigenvalue weighted by Gasteiger charge is 2.02. The minimum atomic E-state index is 0.983. The van der Waals surface area contributed by atoms with Crippen LogP contribution in [0.1, 0.15) is 16.1 Å². The Bertz CT molecular complexity index is 653. The van der Waals surface area contributed by atoms with Crippen molar-refractivity contribution in [3.05, 3.63) is 76.1 Å². The number of thiazole rings is 1. The number of aromatic nitrogens is 1. The fraction of sp³-hybridized carbons (Fsp3) is 0.118. The summed E-state index contributed by atoms with van der Waals surface area (Å²) in [5.74, 6) is 0. The van der Waals surface area contributed by atoms with Crippen LogP contribution in [0.25, 0.3) is 11.3 Å². The molecule has 2 aromatic carbocycles. The van der Waals surface area contributed by atoms with Crippen LogP contribution in [0.3, 0.4) is 0 Å². The topological polar surface area (TPSA) is 12.9 Å². The Kier molecular flexibility index (Phi) is 3.43. The molecule has 1 aromatic heterocycles. The molecule has 94 valence electrons. The van der Waals surface area contributed by atoms with Crippen LogP contribution in [0.5, 0.6) is 0 Å². The molecule has 0 saturated heterocycles. The molecule has 0 radical (unpaired) electrons. The van der Waals surface area contributed by atoms with E-state index < -0.39 is 0 Å². The third-order valence-electron chi connectivity index (χ3n) is 3.12. The maximum atomic E-state index is 4.51. The molecule has 0 atom stereocenters. The fourth-order valence-electron chi connectivity index (χ4n) is 2.12. The summed E-state index contributed by atoms with van der Waals surface area (Å²) in [5.41, 5.74) is 4.96. The maximum Gasteiger partial charge on any atom is 0.0901 e. The van der Waals surface area contributed by atoms with Crippen molar-refractivity contribution in [1.29, 1.82) is 0 Å². The Morgan fingerprint density at radius 2 is 1.58 bits per heavy atom. The van der Waals surface area contributed by atoms with Gasteiger partial charge in [0, 0.05) is 10.9 Å². The standard InChI is InChI=1S/C17H15NS/c1-13-18-17(12-19-13)16-9-7-15(8-10-16)11-14-5-3-2-4-6-14/h2-10,12H,11H2,1H3. The molecule has 0 saturated carbocycles. The molecule has 19 heavy (non-hydrogen) atoms. The van der Waals surface area contributed by atoms with Crippen molar-refractivity contribution in [1.82, 2.24) is 4.98 Å². The molecule has 0 aliphatic carbocycles. The third kappa shape index (κ3) is 2.91. The van der Waals surface area contributed by atoms with Crippen LogP contribution in [-0.4, -0.2) is 4.98 Å². The zero-order chi connectivity index (χ0) is 13.1. The highest BCUT2D eigenvalue weighted by atomic mass is 32.1. The lowest BCUT2D eigenvalue weighted by molar-refractivity contribution is 1.19. The average Bonchev–Trinajstić information content (AvgIpc) is 2.87. The first-order valence-electron chi connectivity index (χ1n) is 6.36. The van der Waals surface area contributed by atoms with Crippen LogP contribution >= 0.6 is 11.3 Å². The largest absolute Gasteiger partial charge is 0.242 e. The first kappa shape index (κ1) is 12.1. The van der Waals surface area contributed by atoms with E-state index in [-0.39, 0.29) is 0 Å². The Labute approximate surface area is 117 Å². The molecular weight excluding hydrogens is 250 g/mol. The van der Waals surface area contributed by atoms with Gasteiger partial charge in [0.05, 0.1) is 10.7 Å². The van der Waals surface area contributed by atoms with E-state index in [1.54, 1.807) is 11.3 Å². The molecule has 0 spiro atoms. The smallest absolute Gasteiger partial charge is 0.0901 e. The van der Waals surface area contributed by atoms with Crippen molar-refractivity contribution in [2.75, 3.05) is 0 Å². The number of hydrogen-bond acceptors (Lipinski definition) is 2. The van der Waals surface area contributed by atoms with Crippen LogP contribution < -0.4 is 0 Å². The second-order valence-electron chi connectivity index (χ2n) is 4.61. The molecule has 2 heteroatoms. The second kappa shape index (κ2) is 5.37. The SMILES string of the molecule is Cc1nc(-c2ccc(Cc3ccccc3)cc2)cs1. The molecule has 0 aliphatic rings. The van der Waals surface area contributed by atoms with Gasteiger partial charge in [-0.05, 0) is 24.5 Å². The summed E-state index contributed by atoms with van der Waals surface area (Å²) in [6.07, 6.45) is 0.983. The van der Waals surface area contributed by atoms with Crippen molar-refractivity contribution in [3.63, 3.8) is 0 Å². The highest BCUT2D eigenvalue weighted by Crippen LogP contribution is 2.22. The van der Waals surface area contributed by atoms with Crippen LogP contribution in [0.4, 0.5) is 0 Å². The normalized spacial score (nSPS) is 10.6. The van der Waals surface area contributed by atoms with Gasteiger partial charge in [0.2, 0.25) is 0 Å². The van der Waals surface area contributed by atoms with Gasteiger partial charge in [0.25, 0.3) is 0 Å². The fourth-order valence-corrected chi connectivity index (χ4v) is 2.74. The van der Waals surface area contributed by atoms with E-state index in [0.29, 0.717) is 0 Å². The van der Waals surface area contributed by atoms with Gasteiger partial charge in [-0.1, -0.05) is 54.6 Å². The first-order chi connectivity index (χ1) is 9.31. The lowest BCUT2D eigenvalue weighted by Gasteiger charge is -2.03. The van der Waals surface area contributed by atoms with Crippen LogP contribution in [0, 0.1) is 6.92 Å². The summed E-state index contributed by atoms with van der Waals surface area (Å²) in [7, 11) is 0. The lowest BCUT2D eigenvalue weighted by Crippen LogP contribution is -1.87. The third-order valence-corrected chi connectivity index (χ3v) is 3.89. The molecule has 0 unspecified atom stereocenters. The summed E-state index contributed by atoms with van der Waals surface area (Å²) in [6, 6.07) is 19.3. The van der Waals surface area contributed by atoms with Gasteiger partial charge in [0.15, 0.2) is 0 Å². The van der Waals surface area contributed by atoms with Crippen molar-refractivity contribution in [2.24, 2.45) is 0 Å². The monoisotopic (exact) mass is 265 g/mol. The molecule has 1 nitrogen and oxygen atoms in total. The van der Waals surface area contributed by atoms with Gasteiger partial charge in [-0.3, -0.25) is 0 Å². The number of aryl methyl sites for hydroxylation is 1. The van der Waals surface area contributed by atoms with Gasteiger partial charge in [0.1, 0.15) is 0 Å². The Balaban J connectivity index is 1.79. The average molecular weight is 265 g/mol. The molecular formula is C17H15NS. The summed E-state index contributed by atoms with van der Waals surface area (Å²) < 4.78 is 0. The quantitative estimate of drug-likeness (QED) is 0.668. The number of nitrogens with zero attached hydrogens (tertiary/aromatic N) is 1. The predicted octanol–water partition coefficient (Wildman–Crippen LogP) is 4.71. The molecule has 3 aromatic rings. The molecule has 0 aliphatic heterocycles. The van der Waals surface area contributed by atoms with Crippen molar-refractivity contribution >= 4 is 11.3 Å². The highest BCUT2D eigenvalue weighted by molar-refractivity contribution is 7.09. The van der Waals surface area contributed by atoms with Crippen molar-refractivity contribution < 1.29 is 0 Å². The Morgan fingerprint density at radius 3 is 2.21 bits per heavy atom. The van der Waals surface area contributed by atoms with Gasteiger partial charge in [-0.15, -0.1) is 11.3 Å². The minimum Gasteiger partial charge on any atom is -0.242 e. The summed E-state index contributed by atoms with van der Waals surface area (Å²) in [4.78, 5) is 4.51. The van der Waals surface area contributed by atoms with E-state index in [2.05, 4.69) is 65.0 Å². The van der Waals surface area contributed by atoms with Crippen molar-refractivity contribution in [3.8, 4) is 11.3 Å². The molecule has 0 fully saturated rings. The van der Waals surface area contributed by atoms with Gasteiger partial charge >= 0.3 is 0 Å². The second-order valence-corrected chi connectivity index (χ2v) is 5.67. The summed E-state index contributed by atoms with van der Waals surface area (Å²) >= 11 is 1.69. The zero-order valence-corrected chi connectivity index (χ0v) is 11.7. The van der Waals surface area contributed by atoms with Crippen LogP contribution in [-0.2, 0) is 6.42 Å². The van der Waals surface area contributed by atoms with Gasteiger partial charge < -0.3 is 0 Å². The molecule has 0 bridgehead atoms. The number of hydrogen-bond donors (Lipinski definition) is 0. The van der Waals surface area contributed by atoms with Crippen LogP contribution in [0.15, 0.2) is 60.0 Å². The van der Waals surface area contributed by atoms with Crippen molar-refractivity contribution in [2.45, 2.75) is 13.3 Å². The molecule has 0 N–H and O–H groups in total. The van der Waals surface area contributed by atoms with E-state index in [4.69, 9.17) is 0 Å². The first-order valence-corrected chi connectivity index (χ1v) is 7.24. The zero-order valence-electron chi connectivity index (χ0n) is 10.8. The maximum absolute atomic E-state index is 4.51. The summed E-state index contributed by atoms with van der Waals surface area (Å²) in [5, 5.41) is 3.23. The van der Waals surface area contributed by atoms with E-state index in [0.717, 1.165) is 17.1 Å². The lowest BCUT2D eigenvalue weighted by atomic mass is 10.0. The van der Waals surface area contributed by atoms with E-state index in [9.17, 15) is 0 Å². The molecule has 1 heterocycles. The molecule has 3 rings (SSSR count). The number of rotatable bonds is 3. The Morgan fingerprint density at radius 1 is 0.895 bits per heavy atom. The predicted molar refractivity (Wildman–Crippen MR) is 81.5 cm³/mol. The van der Waals surface area contributed by atoms with Gasteiger partial charge in [-0.25, -0.2) is 4.98 Å². The minimum absolute atomic E-state index is 0.983. The van der Waals surface area contributed by atoms with Gasteiger partial charge in [-0.2, -0.15) is 0 Å². The Hall–Kier alpha value is -1.93. The van der Waals surface area contributed by atoms with Crippen LogP contribution in [0.2, 0.25) is 0 Å². The summed E-state index contributed by atoms with van der Waals surface area (Å²) in [6.45, 7) is 2.04. The van der Waals surface area contributed by atoms with E-state index in [1.807, 2.05) is 6.92 Å².